The third-order valence-corrected chi connectivity index (χ3v) is 5.15. The molecule has 1 fully saturated rings. The minimum Gasteiger partial charge on any atom is -0.383 e. The molecule has 1 aliphatic rings. The van der Waals surface area contributed by atoms with E-state index in [1.54, 1.807) is 11.8 Å². The summed E-state index contributed by atoms with van der Waals surface area (Å²) in [5.41, 5.74) is 2.30. The van der Waals surface area contributed by atoms with Crippen molar-refractivity contribution in [3.63, 3.8) is 0 Å². The van der Waals surface area contributed by atoms with Crippen LogP contribution in [-0.2, 0) is 9.53 Å². The first-order chi connectivity index (χ1) is 13.6. The summed E-state index contributed by atoms with van der Waals surface area (Å²) in [7, 11) is 1.62. The minimum atomic E-state index is 0.0164. The van der Waals surface area contributed by atoms with Crippen LogP contribution in [0.4, 0.5) is 0 Å². The van der Waals surface area contributed by atoms with E-state index >= 15 is 0 Å². The van der Waals surface area contributed by atoms with Crippen LogP contribution in [-0.4, -0.2) is 59.8 Å². The molecule has 2 amide bonds. The molecular formula is C21H28N4O3. The first kappa shape index (κ1) is 20.1. The molecule has 1 aromatic heterocycles. The Morgan fingerprint density at radius 1 is 1.21 bits per heavy atom. The third kappa shape index (κ3) is 4.98. The van der Waals surface area contributed by atoms with E-state index in [2.05, 4.69) is 10.4 Å². The smallest absolute Gasteiger partial charge is 0.257 e. The number of piperidine rings is 1. The van der Waals surface area contributed by atoms with Crippen LogP contribution >= 0.6 is 0 Å². The van der Waals surface area contributed by atoms with Crippen LogP contribution in [0.5, 0.6) is 0 Å². The van der Waals surface area contributed by atoms with E-state index in [9.17, 15) is 9.59 Å². The summed E-state index contributed by atoms with van der Waals surface area (Å²) in [6.07, 6.45) is 4.00. The highest BCUT2D eigenvalue weighted by molar-refractivity contribution is 5.95. The molecule has 3 rings (SSSR count). The second kappa shape index (κ2) is 9.50. The van der Waals surface area contributed by atoms with Crippen LogP contribution < -0.4 is 5.32 Å². The standard InChI is InChI=1S/C21H28N4O3/c1-16-19(15-25(23-16)18-6-4-3-5-7-18)21(27)24-11-8-17(9-12-24)14-20(26)22-10-13-28-2/h3-7,15,17H,8-14H2,1-2H3,(H,22,26). The van der Waals surface area contributed by atoms with E-state index in [1.807, 2.05) is 48.4 Å². The maximum absolute atomic E-state index is 12.9. The van der Waals surface area contributed by atoms with Gasteiger partial charge in [-0.25, -0.2) is 4.68 Å². The Kier molecular flexibility index (Phi) is 6.81. The highest BCUT2D eigenvalue weighted by Gasteiger charge is 2.27. The van der Waals surface area contributed by atoms with Gasteiger partial charge in [0.2, 0.25) is 5.91 Å². The molecule has 0 atom stereocenters. The second-order valence-corrected chi connectivity index (χ2v) is 7.19. The molecule has 2 heterocycles. The fourth-order valence-corrected chi connectivity index (χ4v) is 3.52. The number of nitrogens with one attached hydrogen (secondary N) is 1. The predicted molar refractivity (Wildman–Crippen MR) is 106 cm³/mol. The molecule has 0 aliphatic carbocycles. The summed E-state index contributed by atoms with van der Waals surface area (Å²) in [5, 5.41) is 7.35. The molecule has 0 unspecified atom stereocenters. The molecule has 1 saturated heterocycles. The van der Waals surface area contributed by atoms with Gasteiger partial charge < -0.3 is 15.0 Å². The van der Waals surface area contributed by atoms with E-state index in [1.165, 1.54) is 0 Å². The number of amides is 2. The molecule has 1 aliphatic heterocycles. The zero-order valence-electron chi connectivity index (χ0n) is 16.6. The molecule has 7 heteroatoms. The van der Waals surface area contributed by atoms with Crippen molar-refractivity contribution in [2.24, 2.45) is 5.92 Å². The largest absolute Gasteiger partial charge is 0.383 e. The number of aromatic nitrogens is 2. The SMILES string of the molecule is COCCNC(=O)CC1CCN(C(=O)c2cn(-c3ccccc3)nc2C)CC1. The van der Waals surface area contributed by atoms with E-state index in [-0.39, 0.29) is 11.8 Å². The first-order valence-electron chi connectivity index (χ1n) is 9.75. The Labute approximate surface area is 165 Å². The quantitative estimate of drug-likeness (QED) is 0.743. The van der Waals surface area contributed by atoms with Crippen LogP contribution in [0.3, 0.4) is 0 Å². The molecular weight excluding hydrogens is 356 g/mol. The summed E-state index contributed by atoms with van der Waals surface area (Å²) < 4.78 is 6.69. The number of benzene rings is 1. The summed E-state index contributed by atoms with van der Waals surface area (Å²) >= 11 is 0. The van der Waals surface area contributed by atoms with Gasteiger partial charge in [0, 0.05) is 39.4 Å². The van der Waals surface area contributed by atoms with Gasteiger partial charge >= 0.3 is 0 Å². The number of hydrogen-bond acceptors (Lipinski definition) is 4. The number of methoxy groups -OCH3 is 1. The number of rotatable bonds is 7. The van der Waals surface area contributed by atoms with Gasteiger partial charge in [0.15, 0.2) is 0 Å². The molecule has 0 saturated carbocycles. The molecule has 0 bridgehead atoms. The number of ether oxygens (including phenoxy) is 1. The van der Waals surface area contributed by atoms with E-state index < -0.39 is 0 Å². The molecule has 28 heavy (non-hydrogen) atoms. The van der Waals surface area contributed by atoms with Gasteiger partial charge in [0.25, 0.3) is 5.91 Å². The van der Waals surface area contributed by atoms with E-state index in [0.29, 0.717) is 44.1 Å². The van der Waals surface area contributed by atoms with Crippen LogP contribution in [0.2, 0.25) is 0 Å². The fourth-order valence-electron chi connectivity index (χ4n) is 3.52. The molecule has 1 aromatic carbocycles. The molecule has 2 aromatic rings. The van der Waals surface area contributed by atoms with Crippen LogP contribution in [0.25, 0.3) is 5.69 Å². The normalized spacial score (nSPS) is 14.9. The summed E-state index contributed by atoms with van der Waals surface area (Å²) in [6.45, 7) is 4.27. The number of hydrogen-bond donors (Lipinski definition) is 1. The lowest BCUT2D eigenvalue weighted by Gasteiger charge is -2.31. The topological polar surface area (TPSA) is 76.5 Å². The Balaban J connectivity index is 1.54. The van der Waals surface area contributed by atoms with Gasteiger partial charge in [-0.2, -0.15) is 5.10 Å². The van der Waals surface area contributed by atoms with Crippen molar-refractivity contribution >= 4 is 11.8 Å². The van der Waals surface area contributed by atoms with Crippen LogP contribution in [0.1, 0.15) is 35.3 Å². The van der Waals surface area contributed by atoms with Gasteiger partial charge in [-0.15, -0.1) is 0 Å². The van der Waals surface area contributed by atoms with Crippen LogP contribution in [0, 0.1) is 12.8 Å². The average molecular weight is 384 g/mol. The lowest BCUT2D eigenvalue weighted by atomic mass is 9.93. The number of carbonyl (C=O) groups excluding carboxylic acids is 2. The lowest BCUT2D eigenvalue weighted by Crippen LogP contribution is -2.40. The van der Waals surface area contributed by atoms with Crippen molar-refractivity contribution in [1.29, 1.82) is 0 Å². The predicted octanol–water partition coefficient (Wildman–Crippen LogP) is 2.19. The van der Waals surface area contributed by atoms with Gasteiger partial charge in [-0.1, -0.05) is 18.2 Å². The first-order valence-corrected chi connectivity index (χ1v) is 9.75. The Bertz CT molecular complexity index is 795. The summed E-state index contributed by atoms with van der Waals surface area (Å²) in [4.78, 5) is 26.8. The van der Waals surface area contributed by atoms with E-state index in [0.717, 1.165) is 24.2 Å². The Morgan fingerprint density at radius 3 is 2.61 bits per heavy atom. The molecule has 0 radical (unpaired) electrons. The fraction of sp³-hybridized carbons (Fsp3) is 0.476. The van der Waals surface area contributed by atoms with Crippen molar-refractivity contribution in [3.05, 3.63) is 47.8 Å². The highest BCUT2D eigenvalue weighted by Crippen LogP contribution is 2.23. The van der Waals surface area contributed by atoms with Gasteiger partial charge in [0.1, 0.15) is 0 Å². The van der Waals surface area contributed by atoms with Gasteiger partial charge in [-0.05, 0) is 37.8 Å². The van der Waals surface area contributed by atoms with Gasteiger partial charge in [0.05, 0.1) is 23.6 Å². The number of para-hydroxylation sites is 1. The zero-order chi connectivity index (χ0) is 19.9. The zero-order valence-corrected chi connectivity index (χ0v) is 16.6. The van der Waals surface area contributed by atoms with E-state index in [4.69, 9.17) is 4.74 Å². The van der Waals surface area contributed by atoms with Crippen molar-refractivity contribution in [2.45, 2.75) is 26.2 Å². The number of likely N-dealkylation sites (tertiary alicyclic amines) is 1. The maximum atomic E-state index is 12.9. The molecule has 150 valence electrons. The maximum Gasteiger partial charge on any atom is 0.257 e. The highest BCUT2D eigenvalue weighted by atomic mass is 16.5. The number of carbonyl (C=O) groups is 2. The number of aryl methyl sites for hydroxylation is 1. The van der Waals surface area contributed by atoms with Crippen molar-refractivity contribution in [2.75, 3.05) is 33.4 Å². The number of nitrogens with zero attached hydrogens (tertiary/aromatic N) is 3. The Morgan fingerprint density at radius 2 is 1.93 bits per heavy atom. The molecule has 1 N–H and O–H groups in total. The van der Waals surface area contributed by atoms with Crippen LogP contribution in [0.15, 0.2) is 36.5 Å². The third-order valence-electron chi connectivity index (χ3n) is 5.15. The van der Waals surface area contributed by atoms with Gasteiger partial charge in [-0.3, -0.25) is 9.59 Å². The summed E-state index contributed by atoms with van der Waals surface area (Å²) in [5.74, 6) is 0.393. The minimum absolute atomic E-state index is 0.0164. The lowest BCUT2D eigenvalue weighted by molar-refractivity contribution is -0.122. The van der Waals surface area contributed by atoms with Crippen molar-refractivity contribution in [1.82, 2.24) is 20.0 Å². The average Bonchev–Trinajstić information content (AvgIpc) is 3.10. The Hall–Kier alpha value is -2.67. The summed E-state index contributed by atoms with van der Waals surface area (Å²) in [6, 6.07) is 9.77. The monoisotopic (exact) mass is 384 g/mol. The molecule has 7 nitrogen and oxygen atoms in total. The van der Waals surface area contributed by atoms with Crippen molar-refractivity contribution in [3.8, 4) is 5.69 Å². The van der Waals surface area contributed by atoms with Crippen molar-refractivity contribution < 1.29 is 14.3 Å². The molecule has 0 spiro atoms. The second-order valence-electron chi connectivity index (χ2n) is 7.19.